The van der Waals surface area contributed by atoms with Gasteiger partial charge in [-0.1, -0.05) is 50.3 Å². The Hall–Kier alpha value is -1.70. The lowest BCUT2D eigenvalue weighted by Crippen LogP contribution is -2.44. The summed E-state index contributed by atoms with van der Waals surface area (Å²) >= 11 is 0. The summed E-state index contributed by atoms with van der Waals surface area (Å²) in [6, 6.07) is 9.36. The first-order chi connectivity index (χ1) is 8.99. The van der Waals surface area contributed by atoms with Gasteiger partial charge in [-0.15, -0.1) is 0 Å². The summed E-state index contributed by atoms with van der Waals surface area (Å²) in [6.07, 6.45) is 3.33. The summed E-state index contributed by atoms with van der Waals surface area (Å²) < 4.78 is 0. The van der Waals surface area contributed by atoms with Crippen molar-refractivity contribution in [2.45, 2.75) is 26.7 Å². The Kier molecular flexibility index (Phi) is 2.70. The average Bonchev–Trinajstić information content (AvgIpc) is 2.39. The third-order valence-corrected chi connectivity index (χ3v) is 4.56. The lowest BCUT2D eigenvalue weighted by Gasteiger charge is -2.46. The highest BCUT2D eigenvalue weighted by Gasteiger charge is 2.47. The molecule has 98 valence electrons. The van der Waals surface area contributed by atoms with Gasteiger partial charge in [0, 0.05) is 23.5 Å². The predicted octanol–water partition coefficient (Wildman–Crippen LogP) is 3.43. The molecule has 19 heavy (non-hydrogen) atoms. The van der Waals surface area contributed by atoms with Gasteiger partial charge in [0.25, 0.3) is 0 Å². The molecule has 0 N–H and O–H groups in total. The molecule has 0 saturated heterocycles. The third kappa shape index (κ3) is 1.95. The van der Waals surface area contributed by atoms with Crippen molar-refractivity contribution >= 4 is 11.6 Å². The molecule has 2 unspecified atom stereocenters. The number of fused-ring (bicyclic) bond motifs is 2. The molecule has 4 rings (SSSR count). The van der Waals surface area contributed by atoms with Crippen LogP contribution >= 0.6 is 0 Å². The van der Waals surface area contributed by atoms with Gasteiger partial charge in [0.2, 0.25) is 0 Å². The molecule has 0 spiro atoms. The molecule has 1 aromatic carbocycles. The van der Waals surface area contributed by atoms with E-state index >= 15 is 0 Å². The Morgan fingerprint density at radius 3 is 2.53 bits per heavy atom. The molecule has 0 amide bonds. The standard InChI is InChI=1S/C17H18O2/c1-17(2)10-12-8-13(14(17)9-15(12)18)16(19)11-6-4-3-5-7-11/h3-8,12,14H,9-10H2,1-2H3. The number of Topliss-reactive ketones (excluding diaryl/α,β-unsaturated/α-hetero) is 2. The van der Waals surface area contributed by atoms with E-state index in [2.05, 4.69) is 13.8 Å². The van der Waals surface area contributed by atoms with Gasteiger partial charge in [0.1, 0.15) is 5.78 Å². The van der Waals surface area contributed by atoms with Crippen molar-refractivity contribution in [3.8, 4) is 0 Å². The second-order valence-electron chi connectivity index (χ2n) is 6.34. The fraction of sp³-hybridized carbons (Fsp3) is 0.412. The largest absolute Gasteiger partial charge is 0.299 e. The van der Waals surface area contributed by atoms with Crippen LogP contribution in [0.25, 0.3) is 0 Å². The van der Waals surface area contributed by atoms with E-state index in [0.29, 0.717) is 12.2 Å². The Bertz CT molecular complexity index is 566. The quantitative estimate of drug-likeness (QED) is 0.758. The van der Waals surface area contributed by atoms with E-state index in [4.69, 9.17) is 0 Å². The second-order valence-corrected chi connectivity index (χ2v) is 6.34. The van der Waals surface area contributed by atoms with Crippen LogP contribution in [-0.2, 0) is 4.79 Å². The Morgan fingerprint density at radius 1 is 1.21 bits per heavy atom. The number of hydrogen-bond acceptors (Lipinski definition) is 2. The van der Waals surface area contributed by atoms with Gasteiger partial charge in [-0.3, -0.25) is 9.59 Å². The van der Waals surface area contributed by atoms with Crippen molar-refractivity contribution in [3.63, 3.8) is 0 Å². The van der Waals surface area contributed by atoms with Crippen LogP contribution in [0, 0.1) is 17.3 Å². The Balaban J connectivity index is 2.00. The normalized spacial score (nSPS) is 28.1. The van der Waals surface area contributed by atoms with E-state index in [1.54, 1.807) is 0 Å². The molecule has 2 atom stereocenters. The monoisotopic (exact) mass is 254 g/mol. The van der Waals surface area contributed by atoms with E-state index in [1.807, 2.05) is 36.4 Å². The van der Waals surface area contributed by atoms with Crippen LogP contribution in [0.1, 0.15) is 37.0 Å². The summed E-state index contributed by atoms with van der Waals surface area (Å²) in [5.41, 5.74) is 1.63. The average molecular weight is 254 g/mol. The maximum atomic E-state index is 12.6. The number of ketones is 2. The number of rotatable bonds is 2. The molecule has 1 saturated carbocycles. The number of benzene rings is 1. The van der Waals surface area contributed by atoms with Gasteiger partial charge in [0.15, 0.2) is 5.78 Å². The molecule has 3 aliphatic rings. The van der Waals surface area contributed by atoms with E-state index < -0.39 is 0 Å². The first kappa shape index (κ1) is 12.3. The molecular weight excluding hydrogens is 236 g/mol. The zero-order valence-electron chi connectivity index (χ0n) is 11.3. The summed E-state index contributed by atoms with van der Waals surface area (Å²) in [5, 5.41) is 0. The van der Waals surface area contributed by atoms with Gasteiger partial charge >= 0.3 is 0 Å². The summed E-state index contributed by atoms with van der Waals surface area (Å²) in [7, 11) is 0. The lowest BCUT2D eigenvalue weighted by molar-refractivity contribution is -0.128. The van der Waals surface area contributed by atoms with Gasteiger partial charge in [0.05, 0.1) is 0 Å². The topological polar surface area (TPSA) is 34.1 Å². The van der Waals surface area contributed by atoms with Crippen LogP contribution in [-0.4, -0.2) is 11.6 Å². The molecule has 2 heteroatoms. The smallest absolute Gasteiger partial charge is 0.189 e. The van der Waals surface area contributed by atoms with Crippen LogP contribution in [0.2, 0.25) is 0 Å². The number of carbonyl (C=O) groups is 2. The van der Waals surface area contributed by atoms with Crippen LogP contribution in [0.15, 0.2) is 42.0 Å². The van der Waals surface area contributed by atoms with E-state index in [1.165, 1.54) is 0 Å². The number of hydrogen-bond donors (Lipinski definition) is 0. The maximum absolute atomic E-state index is 12.6. The first-order valence-electron chi connectivity index (χ1n) is 6.83. The summed E-state index contributed by atoms with van der Waals surface area (Å²) in [5.74, 6) is 0.421. The fourth-order valence-corrected chi connectivity index (χ4v) is 3.46. The molecule has 2 nitrogen and oxygen atoms in total. The highest BCUT2D eigenvalue weighted by atomic mass is 16.1. The van der Waals surface area contributed by atoms with Crippen LogP contribution < -0.4 is 0 Å². The molecule has 0 radical (unpaired) electrons. The van der Waals surface area contributed by atoms with Crippen molar-refractivity contribution in [1.82, 2.24) is 0 Å². The molecule has 3 aliphatic carbocycles. The number of allylic oxidation sites excluding steroid dienone is 2. The van der Waals surface area contributed by atoms with Crippen LogP contribution in [0.4, 0.5) is 0 Å². The van der Waals surface area contributed by atoms with Crippen molar-refractivity contribution in [1.29, 1.82) is 0 Å². The van der Waals surface area contributed by atoms with Crippen molar-refractivity contribution in [2.75, 3.05) is 0 Å². The zero-order valence-corrected chi connectivity index (χ0v) is 11.3. The van der Waals surface area contributed by atoms with E-state index in [0.717, 1.165) is 17.6 Å². The lowest BCUT2D eigenvalue weighted by atomic mass is 9.57. The van der Waals surface area contributed by atoms with Crippen molar-refractivity contribution in [2.24, 2.45) is 17.3 Å². The molecular formula is C17H18O2. The molecule has 0 heterocycles. The minimum atomic E-state index is -0.0531. The SMILES string of the molecule is CC1(C)CC2C=C(C(=O)c3ccccc3)C1CC2=O. The zero-order chi connectivity index (χ0) is 13.6. The highest BCUT2D eigenvalue weighted by molar-refractivity contribution is 6.10. The van der Waals surface area contributed by atoms with Gasteiger partial charge in [-0.05, 0) is 17.8 Å². The fourth-order valence-electron chi connectivity index (χ4n) is 3.46. The van der Waals surface area contributed by atoms with Gasteiger partial charge in [-0.25, -0.2) is 0 Å². The summed E-state index contributed by atoms with van der Waals surface area (Å²) in [4.78, 5) is 24.5. The first-order valence-corrected chi connectivity index (χ1v) is 6.83. The Labute approximate surface area is 113 Å². The minimum absolute atomic E-state index is 0.0487. The van der Waals surface area contributed by atoms with Crippen LogP contribution in [0.5, 0.6) is 0 Å². The Morgan fingerprint density at radius 2 is 1.89 bits per heavy atom. The molecule has 0 aliphatic heterocycles. The van der Waals surface area contributed by atoms with Gasteiger partial charge < -0.3 is 0 Å². The number of carbonyl (C=O) groups excluding carboxylic acids is 2. The molecule has 1 aromatic rings. The van der Waals surface area contributed by atoms with Crippen LogP contribution in [0.3, 0.4) is 0 Å². The second kappa shape index (κ2) is 4.16. The van der Waals surface area contributed by atoms with Gasteiger partial charge in [-0.2, -0.15) is 0 Å². The molecule has 1 fully saturated rings. The third-order valence-electron chi connectivity index (χ3n) is 4.56. The summed E-state index contributed by atoms with van der Waals surface area (Å²) in [6.45, 7) is 4.34. The maximum Gasteiger partial charge on any atom is 0.189 e. The van der Waals surface area contributed by atoms with Crippen molar-refractivity contribution in [3.05, 3.63) is 47.5 Å². The highest BCUT2D eigenvalue weighted by Crippen LogP contribution is 2.50. The van der Waals surface area contributed by atoms with E-state index in [-0.39, 0.29) is 23.0 Å². The minimum Gasteiger partial charge on any atom is -0.299 e. The van der Waals surface area contributed by atoms with Crippen molar-refractivity contribution < 1.29 is 9.59 Å². The molecule has 2 bridgehead atoms. The van der Waals surface area contributed by atoms with E-state index in [9.17, 15) is 9.59 Å². The predicted molar refractivity (Wildman–Crippen MR) is 73.9 cm³/mol. The molecule has 0 aromatic heterocycles.